The van der Waals surface area contributed by atoms with Crippen LogP contribution in [0.4, 0.5) is 0 Å². The summed E-state index contributed by atoms with van der Waals surface area (Å²) in [7, 11) is 1.25. The molecule has 146 valence electrons. The molecule has 1 saturated heterocycles. The molecule has 0 saturated carbocycles. The zero-order valence-electron chi connectivity index (χ0n) is 15.5. The van der Waals surface area contributed by atoms with Crippen LogP contribution in [0.1, 0.15) is 31.9 Å². The van der Waals surface area contributed by atoms with Gasteiger partial charge in [0.2, 0.25) is 5.91 Å². The van der Waals surface area contributed by atoms with Crippen LogP contribution in [-0.2, 0) is 23.9 Å². The van der Waals surface area contributed by atoms with Crippen LogP contribution < -0.4 is 0 Å². The number of carbonyl (C=O) groups is 4. The molecule has 7 nitrogen and oxygen atoms in total. The number of thioether (sulfide) groups is 1. The molecule has 2 rings (SSSR count). The van der Waals surface area contributed by atoms with Crippen LogP contribution >= 0.6 is 11.8 Å². The van der Waals surface area contributed by atoms with E-state index < -0.39 is 41.8 Å². The summed E-state index contributed by atoms with van der Waals surface area (Å²) in [6.45, 7) is 3.07. The predicted molar refractivity (Wildman–Crippen MR) is 99.9 cm³/mol. The monoisotopic (exact) mass is 393 g/mol. The highest BCUT2D eigenvalue weighted by Gasteiger charge is 2.51. The van der Waals surface area contributed by atoms with Gasteiger partial charge in [-0.15, -0.1) is 0 Å². The van der Waals surface area contributed by atoms with Crippen LogP contribution in [0.2, 0.25) is 0 Å². The summed E-state index contributed by atoms with van der Waals surface area (Å²) < 4.78 is 4.86. The van der Waals surface area contributed by atoms with E-state index in [1.54, 1.807) is 37.3 Å². The molecule has 1 aromatic carbocycles. The fraction of sp³-hybridized carbons (Fsp3) is 0.474. The second-order valence-electron chi connectivity index (χ2n) is 6.52. The van der Waals surface area contributed by atoms with E-state index in [0.717, 1.165) is 11.8 Å². The van der Waals surface area contributed by atoms with E-state index in [2.05, 4.69) is 0 Å². The number of carbonyl (C=O) groups excluding carboxylic acids is 3. The summed E-state index contributed by atoms with van der Waals surface area (Å²) in [6.07, 6.45) is -0.0140. The molecule has 0 spiro atoms. The van der Waals surface area contributed by atoms with Gasteiger partial charge in [-0.3, -0.25) is 14.4 Å². The van der Waals surface area contributed by atoms with E-state index in [4.69, 9.17) is 4.74 Å². The van der Waals surface area contributed by atoms with Crippen molar-refractivity contribution >= 4 is 34.7 Å². The molecule has 27 heavy (non-hydrogen) atoms. The largest absolute Gasteiger partial charge is 0.480 e. The summed E-state index contributed by atoms with van der Waals surface area (Å²) in [5, 5.41) is 9.55. The first kappa shape index (κ1) is 21.0. The van der Waals surface area contributed by atoms with Crippen LogP contribution in [-0.4, -0.2) is 51.9 Å². The Bertz CT molecular complexity index is 722. The van der Waals surface area contributed by atoms with Gasteiger partial charge in [0.25, 0.3) is 0 Å². The first-order chi connectivity index (χ1) is 12.8. The van der Waals surface area contributed by atoms with Gasteiger partial charge in [0.1, 0.15) is 6.04 Å². The Kier molecular flexibility index (Phi) is 7.01. The van der Waals surface area contributed by atoms with Crippen LogP contribution in [0, 0.1) is 11.8 Å². The second kappa shape index (κ2) is 9.03. The number of aliphatic carboxylic acids is 1. The lowest BCUT2D eigenvalue weighted by molar-refractivity contribution is -0.152. The van der Waals surface area contributed by atoms with Gasteiger partial charge in [-0.05, 0) is 12.0 Å². The zero-order valence-corrected chi connectivity index (χ0v) is 16.3. The Morgan fingerprint density at radius 3 is 2.41 bits per heavy atom. The number of nitrogens with zero attached hydrogens (tertiary/aromatic N) is 1. The maximum atomic E-state index is 13.1. The maximum absolute atomic E-state index is 13.1. The van der Waals surface area contributed by atoms with Crippen molar-refractivity contribution in [1.29, 1.82) is 0 Å². The standard InChI is InChI=1S/C19H23NO6S/c1-11(10-27-12(2)21)17(22)20-15(18(23)24)9-14(19(25)26-3)16(20)13-7-5-4-6-8-13/h4-8,11,14-16H,9-10H2,1-3H3,(H,23,24)/t11-,14-,15-,16+/m1/s1. The minimum absolute atomic E-state index is 0.0140. The molecule has 0 aromatic heterocycles. The number of likely N-dealkylation sites (tertiary alicyclic amines) is 1. The average Bonchev–Trinajstić information content (AvgIpc) is 3.06. The highest BCUT2D eigenvalue weighted by molar-refractivity contribution is 8.13. The van der Waals surface area contributed by atoms with Crippen molar-refractivity contribution in [2.45, 2.75) is 32.4 Å². The maximum Gasteiger partial charge on any atom is 0.326 e. The summed E-state index contributed by atoms with van der Waals surface area (Å²) in [5.41, 5.74) is 0.677. The van der Waals surface area contributed by atoms with E-state index >= 15 is 0 Å². The molecule has 1 N–H and O–H groups in total. The predicted octanol–water partition coefficient (Wildman–Crippen LogP) is 2.12. The van der Waals surface area contributed by atoms with Crippen molar-refractivity contribution in [2.75, 3.05) is 12.9 Å². The number of carboxylic acids is 1. The zero-order chi connectivity index (χ0) is 20.1. The smallest absolute Gasteiger partial charge is 0.326 e. The molecular formula is C19H23NO6S. The van der Waals surface area contributed by atoms with E-state index in [1.165, 1.54) is 18.9 Å². The highest BCUT2D eigenvalue weighted by atomic mass is 32.2. The SMILES string of the molecule is COC(=O)[C@@H]1C[C@H](C(=O)O)N(C(=O)[C@H](C)CSC(C)=O)[C@H]1c1ccccc1. The van der Waals surface area contributed by atoms with Gasteiger partial charge < -0.3 is 14.7 Å². The number of benzene rings is 1. The number of carboxylic acid groups (broad SMARTS) is 1. The minimum atomic E-state index is -1.16. The Morgan fingerprint density at radius 2 is 1.89 bits per heavy atom. The van der Waals surface area contributed by atoms with Crippen molar-refractivity contribution in [2.24, 2.45) is 11.8 Å². The molecule has 1 amide bonds. The Morgan fingerprint density at radius 1 is 1.26 bits per heavy atom. The molecule has 1 fully saturated rings. The van der Waals surface area contributed by atoms with Gasteiger partial charge in [0.15, 0.2) is 5.12 Å². The topological polar surface area (TPSA) is 101 Å². The van der Waals surface area contributed by atoms with Gasteiger partial charge in [-0.2, -0.15) is 0 Å². The number of ether oxygens (including phenoxy) is 1. The normalized spacial score (nSPS) is 22.9. The van der Waals surface area contributed by atoms with Crippen molar-refractivity contribution in [3.05, 3.63) is 35.9 Å². The molecule has 1 heterocycles. The molecule has 0 radical (unpaired) electrons. The highest BCUT2D eigenvalue weighted by Crippen LogP contribution is 2.42. The second-order valence-corrected chi connectivity index (χ2v) is 7.72. The van der Waals surface area contributed by atoms with Crippen molar-refractivity contribution in [3.63, 3.8) is 0 Å². The molecule has 0 unspecified atom stereocenters. The third-order valence-corrected chi connectivity index (χ3v) is 5.71. The molecule has 4 atom stereocenters. The molecular weight excluding hydrogens is 370 g/mol. The number of esters is 1. The molecule has 0 bridgehead atoms. The summed E-state index contributed by atoms with van der Waals surface area (Å²) >= 11 is 1.02. The first-order valence-corrected chi connectivity index (χ1v) is 9.57. The van der Waals surface area contributed by atoms with Gasteiger partial charge in [-0.1, -0.05) is 49.0 Å². The number of amides is 1. The van der Waals surface area contributed by atoms with Crippen LogP contribution in [0.25, 0.3) is 0 Å². The number of hydrogen-bond donors (Lipinski definition) is 1. The lowest BCUT2D eigenvalue weighted by Gasteiger charge is -2.32. The molecule has 1 aromatic rings. The van der Waals surface area contributed by atoms with Gasteiger partial charge in [0, 0.05) is 18.6 Å². The van der Waals surface area contributed by atoms with Crippen LogP contribution in [0.5, 0.6) is 0 Å². The van der Waals surface area contributed by atoms with Crippen LogP contribution in [0.15, 0.2) is 30.3 Å². The van der Waals surface area contributed by atoms with E-state index in [0.29, 0.717) is 5.56 Å². The number of rotatable bonds is 6. The lowest BCUT2D eigenvalue weighted by atomic mass is 9.93. The van der Waals surface area contributed by atoms with Gasteiger partial charge >= 0.3 is 11.9 Å². The Hall–Kier alpha value is -2.35. The Labute approximate surface area is 162 Å². The fourth-order valence-electron chi connectivity index (χ4n) is 3.37. The fourth-order valence-corrected chi connectivity index (χ4v) is 4.00. The van der Waals surface area contributed by atoms with Gasteiger partial charge in [-0.25, -0.2) is 4.79 Å². The van der Waals surface area contributed by atoms with E-state index in [9.17, 15) is 24.3 Å². The summed E-state index contributed by atoms with van der Waals surface area (Å²) in [5.74, 6) is -3.19. The molecule has 1 aliphatic heterocycles. The number of hydrogen-bond acceptors (Lipinski definition) is 6. The van der Waals surface area contributed by atoms with Crippen molar-refractivity contribution in [1.82, 2.24) is 4.90 Å². The molecule has 0 aliphatic carbocycles. The lowest BCUT2D eigenvalue weighted by Crippen LogP contribution is -2.45. The van der Waals surface area contributed by atoms with Crippen molar-refractivity contribution in [3.8, 4) is 0 Å². The average molecular weight is 393 g/mol. The first-order valence-electron chi connectivity index (χ1n) is 8.59. The third-order valence-electron chi connectivity index (χ3n) is 4.64. The Balaban J connectivity index is 2.43. The number of methoxy groups -OCH3 is 1. The van der Waals surface area contributed by atoms with Gasteiger partial charge in [0.05, 0.1) is 19.1 Å². The van der Waals surface area contributed by atoms with E-state index in [-0.39, 0.29) is 17.3 Å². The molecule has 8 heteroatoms. The minimum Gasteiger partial charge on any atom is -0.480 e. The van der Waals surface area contributed by atoms with Crippen LogP contribution in [0.3, 0.4) is 0 Å². The van der Waals surface area contributed by atoms with Crippen molar-refractivity contribution < 1.29 is 29.0 Å². The summed E-state index contributed by atoms with van der Waals surface area (Å²) in [6, 6.07) is 7.03. The van der Waals surface area contributed by atoms with E-state index in [1.807, 2.05) is 0 Å². The molecule has 1 aliphatic rings. The third kappa shape index (κ3) is 4.68. The summed E-state index contributed by atoms with van der Waals surface area (Å²) in [4.78, 5) is 49.7. The quantitative estimate of drug-likeness (QED) is 0.739.